The highest BCUT2D eigenvalue weighted by Gasteiger charge is 2.40. The van der Waals surface area contributed by atoms with Crippen molar-refractivity contribution in [2.75, 3.05) is 0 Å². The van der Waals surface area contributed by atoms with Gasteiger partial charge in [0, 0.05) is 12.3 Å². The summed E-state index contributed by atoms with van der Waals surface area (Å²) >= 11 is 0. The van der Waals surface area contributed by atoms with Crippen LogP contribution in [0.25, 0.3) is 0 Å². The average Bonchev–Trinajstić information content (AvgIpc) is 2.10. The molecule has 14 heavy (non-hydrogen) atoms. The van der Waals surface area contributed by atoms with Gasteiger partial charge in [0.15, 0.2) is 0 Å². The normalized spacial score (nSPS) is 40.5. The van der Waals surface area contributed by atoms with Crippen LogP contribution in [0, 0.1) is 11.8 Å². The number of carbonyl (C=O) groups excluding carboxylic acids is 1. The van der Waals surface area contributed by atoms with Gasteiger partial charge in [-0.3, -0.25) is 4.79 Å². The molecule has 0 bridgehead atoms. The van der Waals surface area contributed by atoms with Crippen LogP contribution in [0.4, 0.5) is 0 Å². The monoisotopic (exact) mass is 202 g/mol. The van der Waals surface area contributed by atoms with Gasteiger partial charge in [-0.25, -0.2) is 0 Å². The lowest BCUT2D eigenvalue weighted by Crippen LogP contribution is -2.47. The van der Waals surface area contributed by atoms with Crippen LogP contribution in [-0.4, -0.2) is 34.5 Å². The Morgan fingerprint density at radius 3 is 2.57 bits per heavy atom. The summed E-state index contributed by atoms with van der Waals surface area (Å²) in [5, 5.41) is 18.9. The van der Waals surface area contributed by atoms with Crippen molar-refractivity contribution in [2.24, 2.45) is 11.8 Å². The van der Waals surface area contributed by atoms with Crippen molar-refractivity contribution in [3.8, 4) is 0 Å². The van der Waals surface area contributed by atoms with E-state index in [1.54, 1.807) is 13.8 Å². The Hall–Kier alpha value is -0.610. The van der Waals surface area contributed by atoms with Crippen LogP contribution in [0.3, 0.4) is 0 Å². The maximum Gasteiger partial charge on any atom is 0.311 e. The van der Waals surface area contributed by atoms with Gasteiger partial charge >= 0.3 is 5.97 Å². The topological polar surface area (TPSA) is 66.8 Å². The molecule has 0 amide bonds. The van der Waals surface area contributed by atoms with E-state index in [-0.39, 0.29) is 18.0 Å². The van der Waals surface area contributed by atoms with E-state index in [1.165, 1.54) is 0 Å². The van der Waals surface area contributed by atoms with Crippen molar-refractivity contribution in [3.05, 3.63) is 0 Å². The van der Waals surface area contributed by atoms with Gasteiger partial charge in [-0.15, -0.1) is 0 Å². The van der Waals surface area contributed by atoms with E-state index >= 15 is 0 Å². The molecule has 4 heteroatoms. The second-order valence-corrected chi connectivity index (χ2v) is 4.20. The van der Waals surface area contributed by atoms with Crippen molar-refractivity contribution in [1.29, 1.82) is 0 Å². The number of aliphatic hydroxyl groups excluding tert-OH is 2. The third-order valence-corrected chi connectivity index (χ3v) is 2.85. The van der Waals surface area contributed by atoms with Crippen LogP contribution in [0.15, 0.2) is 0 Å². The van der Waals surface area contributed by atoms with Crippen molar-refractivity contribution >= 4 is 5.97 Å². The van der Waals surface area contributed by atoms with Gasteiger partial charge in [0.05, 0.1) is 18.1 Å². The zero-order valence-corrected chi connectivity index (χ0v) is 8.80. The first kappa shape index (κ1) is 11.5. The molecular weight excluding hydrogens is 184 g/mol. The summed E-state index contributed by atoms with van der Waals surface area (Å²) in [5.41, 5.74) is 0. The predicted octanol–water partition coefficient (Wildman–Crippen LogP) is 0.316. The average molecular weight is 202 g/mol. The minimum atomic E-state index is -0.667. The Kier molecular flexibility index (Phi) is 3.50. The second kappa shape index (κ2) is 4.28. The summed E-state index contributed by atoms with van der Waals surface area (Å²) in [6.45, 7) is 5.13. The lowest BCUT2D eigenvalue weighted by molar-refractivity contribution is -0.179. The fourth-order valence-electron chi connectivity index (χ4n) is 1.78. The smallest absolute Gasteiger partial charge is 0.311 e. The third kappa shape index (κ3) is 2.25. The zero-order chi connectivity index (χ0) is 10.9. The molecule has 0 aromatic heterocycles. The van der Waals surface area contributed by atoms with Gasteiger partial charge in [0.1, 0.15) is 6.10 Å². The van der Waals surface area contributed by atoms with Crippen molar-refractivity contribution < 1.29 is 19.7 Å². The molecule has 0 aliphatic carbocycles. The van der Waals surface area contributed by atoms with Crippen molar-refractivity contribution in [1.82, 2.24) is 0 Å². The van der Waals surface area contributed by atoms with E-state index in [0.29, 0.717) is 6.42 Å². The highest BCUT2D eigenvalue weighted by atomic mass is 16.5. The van der Waals surface area contributed by atoms with Gasteiger partial charge in [0.2, 0.25) is 0 Å². The molecule has 1 aliphatic heterocycles. The number of esters is 1. The lowest BCUT2D eigenvalue weighted by Gasteiger charge is -2.36. The van der Waals surface area contributed by atoms with Gasteiger partial charge < -0.3 is 14.9 Å². The number of rotatable bonds is 2. The minimum Gasteiger partial charge on any atom is -0.462 e. The van der Waals surface area contributed by atoms with Crippen molar-refractivity contribution in [3.63, 3.8) is 0 Å². The molecule has 0 saturated carbocycles. The quantitative estimate of drug-likeness (QED) is 0.633. The standard InChI is InChI=1S/C10H18O4/c1-5(11)4-8-6(2)9(12)7(3)10(13)14-8/h5-9,11-12H,4H2,1-3H3/t5-,6+,7-,8+,9+/m1/s1. The van der Waals surface area contributed by atoms with E-state index in [9.17, 15) is 15.0 Å². The van der Waals surface area contributed by atoms with Crippen LogP contribution in [0.5, 0.6) is 0 Å². The molecule has 1 saturated heterocycles. The minimum absolute atomic E-state index is 0.114. The lowest BCUT2D eigenvalue weighted by atomic mass is 9.84. The molecule has 0 radical (unpaired) electrons. The SMILES string of the molecule is C[C@@H]1[C@H](O)[C@@H](C)C(=O)O[C@H]1C[C@@H](C)O. The van der Waals surface area contributed by atoms with Gasteiger partial charge in [-0.1, -0.05) is 6.92 Å². The van der Waals surface area contributed by atoms with Crippen molar-refractivity contribution in [2.45, 2.75) is 45.5 Å². The summed E-state index contributed by atoms with van der Waals surface area (Å²) in [6, 6.07) is 0. The summed E-state index contributed by atoms with van der Waals surface area (Å²) in [5.74, 6) is -0.950. The fourth-order valence-corrected chi connectivity index (χ4v) is 1.78. The molecule has 2 N–H and O–H groups in total. The molecular formula is C10H18O4. The first-order valence-corrected chi connectivity index (χ1v) is 5.00. The van der Waals surface area contributed by atoms with Crippen LogP contribution in [0.2, 0.25) is 0 Å². The van der Waals surface area contributed by atoms with Crippen LogP contribution < -0.4 is 0 Å². The first-order valence-electron chi connectivity index (χ1n) is 5.00. The number of hydrogen-bond acceptors (Lipinski definition) is 4. The summed E-state index contributed by atoms with van der Waals surface area (Å²) in [7, 11) is 0. The molecule has 82 valence electrons. The largest absolute Gasteiger partial charge is 0.462 e. The van der Waals surface area contributed by atoms with E-state index < -0.39 is 18.1 Å². The van der Waals surface area contributed by atoms with Gasteiger partial charge in [0.25, 0.3) is 0 Å². The molecule has 4 nitrogen and oxygen atoms in total. The Morgan fingerprint density at radius 2 is 2.07 bits per heavy atom. The molecule has 0 aromatic rings. The van der Waals surface area contributed by atoms with Gasteiger partial charge in [-0.2, -0.15) is 0 Å². The summed E-state index contributed by atoms with van der Waals surface area (Å²) < 4.78 is 5.13. The van der Waals surface area contributed by atoms with Gasteiger partial charge in [-0.05, 0) is 13.8 Å². The highest BCUT2D eigenvalue weighted by Crippen LogP contribution is 2.28. The zero-order valence-electron chi connectivity index (χ0n) is 8.80. The Bertz CT molecular complexity index is 214. The Morgan fingerprint density at radius 1 is 1.50 bits per heavy atom. The summed E-state index contributed by atoms with van der Waals surface area (Å²) in [4.78, 5) is 11.3. The maximum atomic E-state index is 11.3. The van der Waals surface area contributed by atoms with Crippen LogP contribution in [0.1, 0.15) is 27.2 Å². The molecule has 1 heterocycles. The van der Waals surface area contributed by atoms with E-state index in [2.05, 4.69) is 0 Å². The molecule has 1 fully saturated rings. The highest BCUT2D eigenvalue weighted by molar-refractivity contribution is 5.73. The fraction of sp³-hybridized carbons (Fsp3) is 0.900. The molecule has 5 atom stereocenters. The molecule has 1 aliphatic rings. The van der Waals surface area contributed by atoms with Crippen LogP contribution >= 0.6 is 0 Å². The first-order chi connectivity index (χ1) is 6.43. The number of ether oxygens (including phenoxy) is 1. The molecule has 1 rings (SSSR count). The summed E-state index contributed by atoms with van der Waals surface area (Å²) in [6.07, 6.45) is -1.17. The second-order valence-electron chi connectivity index (χ2n) is 4.20. The van der Waals surface area contributed by atoms with Crippen LogP contribution in [-0.2, 0) is 9.53 Å². The number of aliphatic hydroxyl groups is 2. The number of cyclic esters (lactones) is 1. The third-order valence-electron chi connectivity index (χ3n) is 2.85. The molecule has 0 spiro atoms. The maximum absolute atomic E-state index is 11.3. The predicted molar refractivity (Wildman–Crippen MR) is 50.5 cm³/mol. The Balaban J connectivity index is 2.65. The Labute approximate surface area is 83.9 Å². The van der Waals surface area contributed by atoms with E-state index in [1.807, 2.05) is 6.92 Å². The number of carbonyl (C=O) groups is 1. The van der Waals surface area contributed by atoms with E-state index in [4.69, 9.17) is 4.74 Å². The molecule has 0 unspecified atom stereocenters. The number of hydrogen-bond donors (Lipinski definition) is 2. The molecule has 0 aromatic carbocycles. The van der Waals surface area contributed by atoms with E-state index in [0.717, 1.165) is 0 Å².